The topological polar surface area (TPSA) is 97.4 Å². The lowest BCUT2D eigenvalue weighted by Crippen LogP contribution is -2.41. The van der Waals surface area contributed by atoms with Gasteiger partial charge in [-0.15, -0.1) is 22.7 Å². The van der Waals surface area contributed by atoms with Gasteiger partial charge in [0.05, 0.1) is 10.6 Å². The fraction of sp³-hybridized carbons (Fsp3) is 0.375. The van der Waals surface area contributed by atoms with E-state index in [0.717, 1.165) is 22.7 Å². The maximum atomic E-state index is 12.1. The zero-order valence-corrected chi connectivity index (χ0v) is 15.6. The third-order valence-electron chi connectivity index (χ3n) is 3.12. The van der Waals surface area contributed by atoms with Gasteiger partial charge in [0.1, 0.15) is 9.88 Å². The van der Waals surface area contributed by atoms with E-state index in [-0.39, 0.29) is 0 Å². The van der Waals surface area contributed by atoms with E-state index < -0.39 is 24.5 Å². The van der Waals surface area contributed by atoms with Gasteiger partial charge in [0.2, 0.25) is 0 Å². The van der Waals surface area contributed by atoms with Crippen LogP contribution in [0.25, 0.3) is 9.88 Å². The molecular weight excluding hydrogens is 362 g/mol. The molecule has 0 fully saturated rings. The minimum atomic E-state index is -0.678. The van der Waals surface area contributed by atoms with E-state index in [1.807, 2.05) is 24.4 Å². The van der Waals surface area contributed by atoms with Crippen molar-refractivity contribution in [2.24, 2.45) is 0 Å². The number of aryl methyl sites for hydroxylation is 1. The number of thiazole rings is 1. The quantitative estimate of drug-likeness (QED) is 0.568. The van der Waals surface area contributed by atoms with Gasteiger partial charge in [0.25, 0.3) is 5.91 Å². The number of carbonyl (C=O) groups excluding carboxylic acids is 3. The number of aromatic nitrogens is 1. The van der Waals surface area contributed by atoms with Crippen LogP contribution < -0.4 is 10.6 Å². The molecule has 0 bridgehead atoms. The molecule has 2 N–H and O–H groups in total. The predicted molar refractivity (Wildman–Crippen MR) is 96.9 cm³/mol. The molecule has 0 saturated carbocycles. The SMILES string of the molecule is CCCCNC(=O)NC(=O)COC(=O)c1sc(-c2cccs2)nc1C. The van der Waals surface area contributed by atoms with E-state index in [1.54, 1.807) is 6.92 Å². The lowest BCUT2D eigenvalue weighted by Gasteiger charge is -2.06. The number of esters is 1. The summed E-state index contributed by atoms with van der Waals surface area (Å²) in [5.41, 5.74) is 0.552. The number of carbonyl (C=O) groups is 3. The number of nitrogens with zero attached hydrogens (tertiary/aromatic N) is 1. The molecule has 0 aliphatic carbocycles. The van der Waals surface area contributed by atoms with Crippen molar-refractivity contribution in [3.8, 4) is 9.88 Å². The minimum absolute atomic E-state index is 0.351. The molecule has 2 aromatic rings. The van der Waals surface area contributed by atoms with Crippen molar-refractivity contribution < 1.29 is 19.1 Å². The van der Waals surface area contributed by atoms with Crippen LogP contribution in [-0.4, -0.2) is 36.0 Å². The number of hydrogen-bond donors (Lipinski definition) is 2. The van der Waals surface area contributed by atoms with Crippen LogP contribution in [-0.2, 0) is 9.53 Å². The molecule has 25 heavy (non-hydrogen) atoms. The molecule has 0 saturated heterocycles. The van der Waals surface area contributed by atoms with Gasteiger partial charge in [-0.3, -0.25) is 10.1 Å². The average molecular weight is 381 g/mol. The summed E-state index contributed by atoms with van der Waals surface area (Å²) in [6.45, 7) is 3.67. The molecule has 2 rings (SSSR count). The van der Waals surface area contributed by atoms with Gasteiger partial charge in [-0.1, -0.05) is 19.4 Å². The van der Waals surface area contributed by atoms with Crippen molar-refractivity contribution in [1.29, 1.82) is 0 Å². The van der Waals surface area contributed by atoms with Crippen molar-refractivity contribution in [3.63, 3.8) is 0 Å². The normalized spacial score (nSPS) is 10.3. The molecule has 0 aromatic carbocycles. The van der Waals surface area contributed by atoms with Crippen molar-refractivity contribution in [2.75, 3.05) is 13.2 Å². The first-order valence-electron chi connectivity index (χ1n) is 7.77. The number of rotatable bonds is 7. The van der Waals surface area contributed by atoms with Crippen LogP contribution in [0.2, 0.25) is 0 Å². The van der Waals surface area contributed by atoms with Gasteiger partial charge in [0.15, 0.2) is 6.61 Å². The number of thiophene rings is 1. The minimum Gasteiger partial charge on any atom is -0.451 e. The molecule has 0 radical (unpaired) electrons. The molecular formula is C16H19N3O4S2. The second-order valence-corrected chi connectivity index (χ2v) is 7.09. The summed E-state index contributed by atoms with van der Waals surface area (Å²) >= 11 is 2.75. The number of unbranched alkanes of at least 4 members (excludes halogenated alkanes) is 1. The Morgan fingerprint density at radius 1 is 1.32 bits per heavy atom. The summed E-state index contributed by atoms with van der Waals surface area (Å²) in [5.74, 6) is -1.30. The van der Waals surface area contributed by atoms with Crippen LogP contribution >= 0.6 is 22.7 Å². The molecule has 134 valence electrons. The summed E-state index contributed by atoms with van der Waals surface area (Å²) in [6, 6.07) is 3.23. The van der Waals surface area contributed by atoms with Gasteiger partial charge in [0, 0.05) is 6.54 Å². The summed E-state index contributed by atoms with van der Waals surface area (Å²) in [7, 11) is 0. The van der Waals surface area contributed by atoms with E-state index >= 15 is 0 Å². The zero-order valence-electron chi connectivity index (χ0n) is 14.0. The molecule has 0 unspecified atom stereocenters. The Kier molecular flexibility index (Phi) is 7.08. The molecule has 2 aromatic heterocycles. The smallest absolute Gasteiger partial charge is 0.350 e. The van der Waals surface area contributed by atoms with Gasteiger partial charge in [-0.05, 0) is 24.8 Å². The molecule has 0 atom stereocenters. The van der Waals surface area contributed by atoms with Gasteiger partial charge in [-0.25, -0.2) is 14.6 Å². The highest BCUT2D eigenvalue weighted by atomic mass is 32.1. The fourth-order valence-electron chi connectivity index (χ4n) is 1.87. The molecule has 0 aliphatic heterocycles. The van der Waals surface area contributed by atoms with Crippen molar-refractivity contribution in [2.45, 2.75) is 26.7 Å². The Balaban J connectivity index is 1.84. The Hall–Kier alpha value is -2.26. The van der Waals surface area contributed by atoms with E-state index in [2.05, 4.69) is 15.6 Å². The van der Waals surface area contributed by atoms with Crippen molar-refractivity contribution >= 4 is 40.6 Å². The first kappa shape index (κ1) is 19.1. The van der Waals surface area contributed by atoms with E-state index in [1.165, 1.54) is 22.7 Å². The van der Waals surface area contributed by atoms with Crippen molar-refractivity contribution in [1.82, 2.24) is 15.6 Å². The Labute approximate surface area is 153 Å². The maximum Gasteiger partial charge on any atom is 0.350 e. The second-order valence-electron chi connectivity index (χ2n) is 5.14. The largest absolute Gasteiger partial charge is 0.451 e. The summed E-state index contributed by atoms with van der Waals surface area (Å²) in [5, 5.41) is 7.32. The third kappa shape index (κ3) is 5.64. The van der Waals surface area contributed by atoms with E-state index in [0.29, 0.717) is 17.1 Å². The molecule has 9 heteroatoms. The fourth-order valence-corrected chi connectivity index (χ4v) is 3.63. The maximum absolute atomic E-state index is 12.1. The summed E-state index contributed by atoms with van der Waals surface area (Å²) in [4.78, 5) is 40.9. The number of amides is 3. The predicted octanol–water partition coefficient (Wildman–Crippen LogP) is 2.96. The molecule has 7 nitrogen and oxygen atoms in total. The first-order chi connectivity index (χ1) is 12.0. The van der Waals surface area contributed by atoms with E-state index in [4.69, 9.17) is 4.74 Å². The molecule has 3 amide bonds. The molecule has 2 heterocycles. The van der Waals surface area contributed by atoms with Crippen LogP contribution in [0.3, 0.4) is 0 Å². The van der Waals surface area contributed by atoms with Crippen LogP contribution in [0, 0.1) is 6.92 Å². The highest BCUT2D eigenvalue weighted by Gasteiger charge is 2.19. The molecule has 0 aliphatic rings. The van der Waals surface area contributed by atoms with Crippen LogP contribution in [0.15, 0.2) is 17.5 Å². The standard InChI is InChI=1S/C16H19N3O4S2/c1-3-4-7-17-16(22)19-12(20)9-23-15(21)13-10(2)18-14(25-13)11-6-5-8-24-11/h5-6,8H,3-4,7,9H2,1-2H3,(H2,17,19,20,22). The van der Waals surface area contributed by atoms with Crippen LogP contribution in [0.5, 0.6) is 0 Å². The highest BCUT2D eigenvalue weighted by Crippen LogP contribution is 2.31. The lowest BCUT2D eigenvalue weighted by atomic mass is 10.3. The second kappa shape index (κ2) is 9.28. The number of urea groups is 1. The number of imide groups is 1. The summed E-state index contributed by atoms with van der Waals surface area (Å²) < 4.78 is 4.97. The Morgan fingerprint density at radius 3 is 2.80 bits per heavy atom. The van der Waals surface area contributed by atoms with Gasteiger partial charge < -0.3 is 10.1 Å². The van der Waals surface area contributed by atoms with Crippen LogP contribution in [0.1, 0.15) is 35.1 Å². The Morgan fingerprint density at radius 2 is 2.12 bits per heavy atom. The summed E-state index contributed by atoms with van der Waals surface area (Å²) in [6.07, 6.45) is 1.77. The average Bonchev–Trinajstić information content (AvgIpc) is 3.22. The molecule has 0 spiro atoms. The van der Waals surface area contributed by atoms with Crippen LogP contribution in [0.4, 0.5) is 4.79 Å². The van der Waals surface area contributed by atoms with Crippen molar-refractivity contribution in [3.05, 3.63) is 28.1 Å². The lowest BCUT2D eigenvalue weighted by molar-refractivity contribution is -0.123. The van der Waals surface area contributed by atoms with E-state index in [9.17, 15) is 14.4 Å². The third-order valence-corrected chi connectivity index (χ3v) is 5.29. The monoisotopic (exact) mass is 381 g/mol. The number of ether oxygens (including phenoxy) is 1. The van der Waals surface area contributed by atoms with Gasteiger partial charge >= 0.3 is 12.0 Å². The number of hydrogen-bond acceptors (Lipinski definition) is 7. The van der Waals surface area contributed by atoms with Gasteiger partial charge in [-0.2, -0.15) is 0 Å². The number of nitrogens with one attached hydrogen (secondary N) is 2. The zero-order chi connectivity index (χ0) is 18.2. The first-order valence-corrected chi connectivity index (χ1v) is 9.47. The highest BCUT2D eigenvalue weighted by molar-refractivity contribution is 7.22. The Bertz CT molecular complexity index is 741.